The molecule has 0 radical (unpaired) electrons. The topological polar surface area (TPSA) is 93.2 Å². The van der Waals surface area contributed by atoms with Crippen LogP contribution in [0.25, 0.3) is 0 Å². The highest BCUT2D eigenvalue weighted by Gasteiger charge is 1.97. The Hall–Kier alpha value is -2.69. The Labute approximate surface area is 125 Å². The van der Waals surface area contributed by atoms with E-state index >= 15 is 0 Å². The quantitative estimate of drug-likeness (QED) is 0.652. The first-order valence-electron chi connectivity index (χ1n) is 6.78. The summed E-state index contributed by atoms with van der Waals surface area (Å²) in [6.45, 7) is 3.03. The number of urea groups is 1. The summed E-state index contributed by atoms with van der Waals surface area (Å²) >= 11 is 0. The second kappa shape index (κ2) is 9.25. The van der Waals surface area contributed by atoms with Crippen molar-refractivity contribution in [3.05, 3.63) is 60.2 Å². The summed E-state index contributed by atoms with van der Waals surface area (Å²) in [7, 11) is 0. The minimum absolute atomic E-state index is 0.149. The van der Waals surface area contributed by atoms with Crippen LogP contribution >= 0.6 is 0 Å². The van der Waals surface area contributed by atoms with E-state index in [1.165, 1.54) is 0 Å². The fourth-order valence-electron chi connectivity index (χ4n) is 1.49. The third-order valence-corrected chi connectivity index (χ3v) is 2.57. The Balaban J connectivity index is 0.000000262. The second-order valence-corrected chi connectivity index (χ2v) is 4.37. The molecule has 0 fully saturated rings. The molecule has 0 aliphatic carbocycles. The zero-order valence-corrected chi connectivity index (χ0v) is 12.2. The molecule has 0 aliphatic heterocycles. The average molecular weight is 286 g/mol. The number of benzene rings is 2. The van der Waals surface area contributed by atoms with Gasteiger partial charge >= 0.3 is 6.03 Å². The Bertz CT molecular complexity index is 526. The number of nitrogens with two attached hydrogens (primary N) is 2. The number of anilines is 2. The van der Waals surface area contributed by atoms with E-state index in [-0.39, 0.29) is 6.03 Å². The van der Waals surface area contributed by atoms with Crippen LogP contribution in [0.4, 0.5) is 16.2 Å². The van der Waals surface area contributed by atoms with Gasteiger partial charge in [-0.05, 0) is 36.8 Å². The van der Waals surface area contributed by atoms with E-state index in [0.717, 1.165) is 16.9 Å². The van der Waals surface area contributed by atoms with Gasteiger partial charge in [-0.1, -0.05) is 30.3 Å². The van der Waals surface area contributed by atoms with Crippen molar-refractivity contribution in [3.63, 3.8) is 0 Å². The maximum absolute atomic E-state index is 11.0. The van der Waals surface area contributed by atoms with Gasteiger partial charge in [0.05, 0.1) is 0 Å². The highest BCUT2D eigenvalue weighted by molar-refractivity contribution is 5.73. The van der Waals surface area contributed by atoms with Gasteiger partial charge in [0.25, 0.3) is 0 Å². The van der Waals surface area contributed by atoms with Gasteiger partial charge < -0.3 is 22.1 Å². The third-order valence-electron chi connectivity index (χ3n) is 2.57. The molecule has 6 N–H and O–H groups in total. The average Bonchev–Trinajstić information content (AvgIpc) is 2.48. The first-order chi connectivity index (χ1) is 10.1. The molecule has 0 aromatic heterocycles. The molecule has 0 unspecified atom stereocenters. The van der Waals surface area contributed by atoms with E-state index in [9.17, 15) is 4.79 Å². The van der Waals surface area contributed by atoms with Gasteiger partial charge in [0.15, 0.2) is 0 Å². The van der Waals surface area contributed by atoms with Crippen molar-refractivity contribution in [1.29, 1.82) is 0 Å². The molecule has 2 rings (SSSR count). The molecule has 5 nitrogen and oxygen atoms in total. The smallest absolute Gasteiger partial charge is 0.315 e. The zero-order chi connectivity index (χ0) is 15.5. The molecular formula is C16H22N4O. The minimum atomic E-state index is -0.149. The Morgan fingerprint density at radius 1 is 0.905 bits per heavy atom. The highest BCUT2D eigenvalue weighted by atomic mass is 16.2. The van der Waals surface area contributed by atoms with Crippen molar-refractivity contribution in [2.24, 2.45) is 0 Å². The number of nitrogens with one attached hydrogen (secondary N) is 2. The predicted octanol–water partition coefficient (Wildman–Crippen LogP) is 2.36. The number of carbonyl (C=O) groups excluding carboxylic acids is 1. The summed E-state index contributed by atoms with van der Waals surface area (Å²) in [5.41, 5.74) is 13.5. The fraction of sp³-hybridized carbons (Fsp3) is 0.188. The maximum Gasteiger partial charge on any atom is 0.315 e. The lowest BCUT2D eigenvalue weighted by Crippen LogP contribution is -2.34. The van der Waals surface area contributed by atoms with Gasteiger partial charge in [0, 0.05) is 24.5 Å². The van der Waals surface area contributed by atoms with Gasteiger partial charge in [-0.15, -0.1) is 0 Å². The van der Waals surface area contributed by atoms with Crippen molar-refractivity contribution >= 4 is 17.4 Å². The number of hydrogen-bond acceptors (Lipinski definition) is 3. The summed E-state index contributed by atoms with van der Waals surface area (Å²) in [6.07, 6.45) is 0. The molecule has 2 amide bonds. The van der Waals surface area contributed by atoms with E-state index in [1.54, 1.807) is 0 Å². The molecule has 2 aromatic carbocycles. The van der Waals surface area contributed by atoms with E-state index in [4.69, 9.17) is 11.5 Å². The van der Waals surface area contributed by atoms with E-state index in [2.05, 4.69) is 10.6 Å². The van der Waals surface area contributed by atoms with Gasteiger partial charge in [-0.3, -0.25) is 0 Å². The summed E-state index contributed by atoms with van der Waals surface area (Å²) in [4.78, 5) is 11.0. The predicted molar refractivity (Wildman–Crippen MR) is 87.6 cm³/mol. The molecule has 0 saturated heterocycles. The van der Waals surface area contributed by atoms with Crippen LogP contribution in [-0.2, 0) is 6.54 Å². The van der Waals surface area contributed by atoms with Gasteiger partial charge in [0.1, 0.15) is 0 Å². The largest absolute Gasteiger partial charge is 0.399 e. The van der Waals surface area contributed by atoms with E-state index < -0.39 is 0 Å². The minimum Gasteiger partial charge on any atom is -0.399 e. The molecule has 21 heavy (non-hydrogen) atoms. The normalized spacial score (nSPS) is 9.19. The summed E-state index contributed by atoms with van der Waals surface area (Å²) in [6, 6.07) is 16.7. The Kier molecular flexibility index (Phi) is 7.21. The molecule has 0 saturated carbocycles. The van der Waals surface area contributed by atoms with Crippen LogP contribution in [0.5, 0.6) is 0 Å². The molecule has 0 bridgehead atoms. The van der Waals surface area contributed by atoms with Gasteiger partial charge in [-0.25, -0.2) is 4.79 Å². The lowest BCUT2D eigenvalue weighted by Gasteiger charge is -2.05. The number of para-hydroxylation sites is 1. The number of nitrogen functional groups attached to an aromatic ring is 2. The van der Waals surface area contributed by atoms with Crippen LogP contribution in [0, 0.1) is 0 Å². The summed E-state index contributed by atoms with van der Waals surface area (Å²) in [5.74, 6) is 0. The van der Waals surface area contributed by atoms with Crippen LogP contribution in [0.1, 0.15) is 12.5 Å². The lowest BCUT2D eigenvalue weighted by molar-refractivity contribution is 0.241. The van der Waals surface area contributed by atoms with Crippen LogP contribution in [0.3, 0.4) is 0 Å². The number of rotatable bonds is 3. The summed E-state index contributed by atoms with van der Waals surface area (Å²) in [5, 5.41) is 5.38. The molecule has 0 aliphatic rings. The number of hydrogen-bond donors (Lipinski definition) is 4. The third kappa shape index (κ3) is 7.47. The monoisotopic (exact) mass is 286 g/mol. The van der Waals surface area contributed by atoms with Crippen molar-refractivity contribution in [2.45, 2.75) is 13.5 Å². The van der Waals surface area contributed by atoms with Crippen molar-refractivity contribution in [2.75, 3.05) is 18.0 Å². The molecule has 5 heteroatoms. The van der Waals surface area contributed by atoms with E-state index in [1.807, 2.05) is 61.5 Å². The molecule has 0 spiro atoms. The first kappa shape index (κ1) is 16.4. The van der Waals surface area contributed by atoms with Crippen LogP contribution in [0.15, 0.2) is 54.6 Å². The van der Waals surface area contributed by atoms with Crippen LogP contribution < -0.4 is 22.1 Å². The SMILES string of the molecule is CCNC(=O)NCc1ccc(N)cc1.Nc1ccccc1. The maximum atomic E-state index is 11.0. The van der Waals surface area contributed by atoms with Gasteiger partial charge in [0.2, 0.25) is 0 Å². The molecule has 0 heterocycles. The van der Waals surface area contributed by atoms with E-state index in [0.29, 0.717) is 13.1 Å². The second-order valence-electron chi connectivity index (χ2n) is 4.37. The highest BCUT2D eigenvalue weighted by Crippen LogP contribution is 2.04. The Morgan fingerprint density at radius 3 is 1.95 bits per heavy atom. The summed E-state index contributed by atoms with van der Waals surface area (Å²) < 4.78 is 0. The number of amides is 2. The van der Waals surface area contributed by atoms with Crippen LogP contribution in [0.2, 0.25) is 0 Å². The Morgan fingerprint density at radius 2 is 1.48 bits per heavy atom. The van der Waals surface area contributed by atoms with Crippen molar-refractivity contribution in [1.82, 2.24) is 10.6 Å². The molecule has 112 valence electrons. The molecule has 0 atom stereocenters. The van der Waals surface area contributed by atoms with Gasteiger partial charge in [-0.2, -0.15) is 0 Å². The standard InChI is InChI=1S/C10H15N3O.C6H7N/c1-2-12-10(14)13-7-8-3-5-9(11)6-4-8;7-6-4-2-1-3-5-6/h3-6H,2,7,11H2,1H3,(H2,12,13,14);1-5H,7H2. The van der Waals surface area contributed by atoms with Crippen molar-refractivity contribution in [3.8, 4) is 0 Å². The molecular weight excluding hydrogens is 264 g/mol. The first-order valence-corrected chi connectivity index (χ1v) is 6.78. The van der Waals surface area contributed by atoms with Crippen molar-refractivity contribution < 1.29 is 4.79 Å². The fourth-order valence-corrected chi connectivity index (χ4v) is 1.49. The zero-order valence-electron chi connectivity index (χ0n) is 12.2. The molecule has 2 aromatic rings. The number of carbonyl (C=O) groups is 1. The lowest BCUT2D eigenvalue weighted by atomic mass is 10.2. The van der Waals surface area contributed by atoms with Crippen LogP contribution in [-0.4, -0.2) is 12.6 Å².